The topological polar surface area (TPSA) is 37.8 Å². The smallest absolute Gasteiger partial charge is 0.149 e. The van der Waals surface area contributed by atoms with Crippen molar-refractivity contribution in [3.8, 4) is 0 Å². The molecule has 3 nitrogen and oxygen atoms in total. The Morgan fingerprint density at radius 3 is 2.59 bits per heavy atom. The van der Waals surface area contributed by atoms with Gasteiger partial charge in [0, 0.05) is 5.02 Å². The van der Waals surface area contributed by atoms with Gasteiger partial charge >= 0.3 is 0 Å². The Hall–Kier alpha value is -0.550. The predicted octanol–water partition coefficient (Wildman–Crippen LogP) is 4.94. The van der Waals surface area contributed by atoms with Crippen molar-refractivity contribution in [1.82, 2.24) is 9.97 Å². The Balaban J connectivity index is 2.35. The SMILES string of the molecule is Clc1ccc(Nc2ncnc(Cl)c2Br)c(Cl)c1. The maximum Gasteiger partial charge on any atom is 0.149 e. The van der Waals surface area contributed by atoms with Crippen molar-refractivity contribution in [1.29, 1.82) is 0 Å². The van der Waals surface area contributed by atoms with Crippen molar-refractivity contribution in [2.24, 2.45) is 0 Å². The van der Waals surface area contributed by atoms with Gasteiger partial charge in [-0.2, -0.15) is 0 Å². The molecule has 88 valence electrons. The summed E-state index contributed by atoms with van der Waals surface area (Å²) in [7, 11) is 0. The Bertz CT molecular complexity index is 562. The van der Waals surface area contributed by atoms with Gasteiger partial charge in [0.1, 0.15) is 17.3 Å². The van der Waals surface area contributed by atoms with Gasteiger partial charge in [-0.1, -0.05) is 34.8 Å². The molecule has 0 radical (unpaired) electrons. The minimum atomic E-state index is 0.326. The number of hydrogen-bond donors (Lipinski definition) is 1. The van der Waals surface area contributed by atoms with Gasteiger partial charge in [-0.3, -0.25) is 0 Å². The van der Waals surface area contributed by atoms with E-state index in [1.165, 1.54) is 6.33 Å². The second-order valence-corrected chi connectivity index (χ2v) is 5.07. The number of benzene rings is 1. The van der Waals surface area contributed by atoms with Crippen molar-refractivity contribution < 1.29 is 0 Å². The van der Waals surface area contributed by atoms with Crippen LogP contribution in [0.2, 0.25) is 15.2 Å². The Morgan fingerprint density at radius 1 is 1.12 bits per heavy atom. The van der Waals surface area contributed by atoms with Gasteiger partial charge in [-0.25, -0.2) is 9.97 Å². The van der Waals surface area contributed by atoms with E-state index in [9.17, 15) is 0 Å². The van der Waals surface area contributed by atoms with Crippen molar-refractivity contribution >= 4 is 62.2 Å². The van der Waals surface area contributed by atoms with E-state index in [2.05, 4.69) is 31.2 Å². The number of aromatic nitrogens is 2. The highest BCUT2D eigenvalue weighted by Gasteiger charge is 2.08. The fourth-order valence-corrected chi connectivity index (χ4v) is 2.05. The van der Waals surface area contributed by atoms with E-state index in [1.807, 2.05) is 0 Å². The van der Waals surface area contributed by atoms with Gasteiger partial charge < -0.3 is 5.32 Å². The molecule has 2 aromatic rings. The maximum absolute atomic E-state index is 6.03. The molecule has 0 bridgehead atoms. The van der Waals surface area contributed by atoms with E-state index in [4.69, 9.17) is 34.8 Å². The Kier molecular flexibility index (Phi) is 4.09. The molecule has 0 atom stereocenters. The summed E-state index contributed by atoms with van der Waals surface area (Å²) in [4.78, 5) is 7.88. The molecule has 1 aromatic heterocycles. The summed E-state index contributed by atoms with van der Waals surface area (Å²) >= 11 is 21.0. The van der Waals surface area contributed by atoms with Gasteiger partial charge in [-0.15, -0.1) is 0 Å². The molecule has 7 heteroatoms. The summed E-state index contributed by atoms with van der Waals surface area (Å²) in [5.41, 5.74) is 0.687. The number of anilines is 2. The molecule has 0 unspecified atom stereocenters. The van der Waals surface area contributed by atoms with Crippen LogP contribution in [0.15, 0.2) is 29.0 Å². The molecule has 0 aliphatic rings. The molecule has 1 heterocycles. The molecular formula is C10H5BrCl3N3. The van der Waals surface area contributed by atoms with E-state index in [0.29, 0.717) is 31.2 Å². The van der Waals surface area contributed by atoms with Crippen LogP contribution < -0.4 is 5.32 Å². The third-order valence-corrected chi connectivity index (χ3v) is 3.74. The van der Waals surface area contributed by atoms with E-state index in [-0.39, 0.29) is 0 Å². The number of rotatable bonds is 2. The molecule has 17 heavy (non-hydrogen) atoms. The quantitative estimate of drug-likeness (QED) is 0.777. The molecule has 0 saturated heterocycles. The zero-order valence-corrected chi connectivity index (χ0v) is 12.1. The molecule has 1 aromatic carbocycles. The first-order valence-electron chi connectivity index (χ1n) is 4.46. The van der Waals surface area contributed by atoms with Crippen molar-refractivity contribution in [2.75, 3.05) is 5.32 Å². The van der Waals surface area contributed by atoms with E-state index in [0.717, 1.165) is 0 Å². The largest absolute Gasteiger partial charge is 0.338 e. The number of hydrogen-bond acceptors (Lipinski definition) is 3. The van der Waals surface area contributed by atoms with Crippen molar-refractivity contribution in [3.63, 3.8) is 0 Å². The third-order valence-electron chi connectivity index (χ3n) is 1.93. The van der Waals surface area contributed by atoms with Crippen LogP contribution >= 0.6 is 50.7 Å². The second-order valence-electron chi connectivity index (χ2n) is 3.08. The van der Waals surface area contributed by atoms with E-state index < -0.39 is 0 Å². The lowest BCUT2D eigenvalue weighted by molar-refractivity contribution is 1.15. The lowest BCUT2D eigenvalue weighted by Gasteiger charge is -2.09. The normalized spacial score (nSPS) is 10.4. The van der Waals surface area contributed by atoms with Crippen LogP contribution in [0.1, 0.15) is 0 Å². The summed E-state index contributed by atoms with van der Waals surface area (Å²) in [5, 5.41) is 4.43. The summed E-state index contributed by atoms with van der Waals surface area (Å²) < 4.78 is 0.577. The number of nitrogens with zero attached hydrogens (tertiary/aromatic N) is 2. The maximum atomic E-state index is 6.03. The minimum absolute atomic E-state index is 0.326. The van der Waals surface area contributed by atoms with Crippen LogP contribution in [0.4, 0.5) is 11.5 Å². The molecule has 0 aliphatic carbocycles. The van der Waals surface area contributed by atoms with E-state index in [1.54, 1.807) is 18.2 Å². The molecule has 0 spiro atoms. The fraction of sp³-hybridized carbons (Fsp3) is 0. The van der Waals surface area contributed by atoms with Gasteiger partial charge in [0.2, 0.25) is 0 Å². The van der Waals surface area contributed by atoms with Crippen molar-refractivity contribution in [2.45, 2.75) is 0 Å². The number of halogens is 4. The monoisotopic (exact) mass is 351 g/mol. The molecule has 0 amide bonds. The van der Waals surface area contributed by atoms with E-state index >= 15 is 0 Å². The average molecular weight is 353 g/mol. The highest BCUT2D eigenvalue weighted by molar-refractivity contribution is 9.10. The first-order valence-corrected chi connectivity index (χ1v) is 6.38. The van der Waals surface area contributed by atoms with Gasteiger partial charge in [0.15, 0.2) is 0 Å². The molecule has 0 aliphatic heterocycles. The lowest BCUT2D eigenvalue weighted by Crippen LogP contribution is -1.96. The minimum Gasteiger partial charge on any atom is -0.338 e. The molecule has 1 N–H and O–H groups in total. The highest BCUT2D eigenvalue weighted by Crippen LogP contribution is 2.32. The fourth-order valence-electron chi connectivity index (χ4n) is 1.15. The summed E-state index contributed by atoms with van der Waals surface area (Å²) in [6.07, 6.45) is 1.36. The van der Waals surface area contributed by atoms with Crippen molar-refractivity contribution in [3.05, 3.63) is 44.2 Å². The summed E-state index contributed by atoms with van der Waals surface area (Å²) in [6.45, 7) is 0. The van der Waals surface area contributed by atoms with Crippen LogP contribution in [-0.4, -0.2) is 9.97 Å². The first kappa shape index (κ1) is 12.9. The zero-order chi connectivity index (χ0) is 12.4. The summed E-state index contributed by atoms with van der Waals surface area (Å²) in [5.74, 6) is 0.536. The van der Waals surface area contributed by atoms with Crippen LogP contribution in [0.3, 0.4) is 0 Å². The average Bonchev–Trinajstić information content (AvgIpc) is 2.28. The van der Waals surface area contributed by atoms with Crippen LogP contribution in [0.25, 0.3) is 0 Å². The van der Waals surface area contributed by atoms with Gasteiger partial charge in [0.25, 0.3) is 0 Å². The summed E-state index contributed by atoms with van der Waals surface area (Å²) in [6, 6.07) is 5.13. The highest BCUT2D eigenvalue weighted by atomic mass is 79.9. The van der Waals surface area contributed by atoms with Gasteiger partial charge in [-0.05, 0) is 34.1 Å². The Labute approximate surface area is 121 Å². The number of nitrogens with one attached hydrogen (secondary N) is 1. The van der Waals surface area contributed by atoms with Gasteiger partial charge in [0.05, 0.1) is 15.2 Å². The Morgan fingerprint density at radius 2 is 1.88 bits per heavy atom. The molecule has 0 fully saturated rings. The zero-order valence-electron chi connectivity index (χ0n) is 8.22. The van der Waals surface area contributed by atoms with Crippen LogP contribution in [0, 0.1) is 0 Å². The lowest BCUT2D eigenvalue weighted by atomic mass is 10.3. The molecule has 2 rings (SSSR count). The standard InChI is InChI=1S/C10H5BrCl3N3/c11-8-9(14)15-4-16-10(8)17-7-2-1-5(12)3-6(7)13/h1-4H,(H,15,16,17). The molecular weight excluding hydrogens is 348 g/mol. The third kappa shape index (κ3) is 3.01. The van der Waals surface area contributed by atoms with Crippen LogP contribution in [-0.2, 0) is 0 Å². The predicted molar refractivity (Wildman–Crippen MR) is 74.5 cm³/mol. The van der Waals surface area contributed by atoms with Crippen LogP contribution in [0.5, 0.6) is 0 Å². The molecule has 0 saturated carbocycles. The first-order chi connectivity index (χ1) is 8.08. The second kappa shape index (κ2) is 5.40.